The van der Waals surface area contributed by atoms with Gasteiger partial charge in [0.05, 0.1) is 12.2 Å². The van der Waals surface area contributed by atoms with Crippen LogP contribution in [0.5, 0.6) is 5.75 Å². The average Bonchev–Trinajstić information content (AvgIpc) is 3.59. The van der Waals surface area contributed by atoms with Crippen molar-refractivity contribution in [2.45, 2.75) is 63.3 Å². The number of hydrogen-bond acceptors (Lipinski definition) is 4. The van der Waals surface area contributed by atoms with Crippen LogP contribution in [-0.2, 0) is 17.3 Å². The highest BCUT2D eigenvalue weighted by molar-refractivity contribution is 5.56. The minimum Gasteiger partial charge on any atom is -0.490 e. The van der Waals surface area contributed by atoms with Crippen LogP contribution in [0.4, 0.5) is 17.6 Å². The van der Waals surface area contributed by atoms with Crippen molar-refractivity contribution in [3.05, 3.63) is 59.8 Å². The highest BCUT2D eigenvalue weighted by Crippen LogP contribution is 2.41. The predicted octanol–water partition coefficient (Wildman–Crippen LogP) is 6.11. The van der Waals surface area contributed by atoms with Crippen LogP contribution in [0.3, 0.4) is 0 Å². The van der Waals surface area contributed by atoms with E-state index >= 15 is 0 Å². The van der Waals surface area contributed by atoms with E-state index in [0.29, 0.717) is 31.0 Å². The molecule has 0 saturated heterocycles. The van der Waals surface area contributed by atoms with Gasteiger partial charge in [-0.25, -0.2) is 4.39 Å². The molecule has 3 aromatic rings. The third kappa shape index (κ3) is 7.18. The van der Waals surface area contributed by atoms with E-state index in [1.807, 2.05) is 0 Å². The van der Waals surface area contributed by atoms with E-state index in [0.717, 1.165) is 25.7 Å². The van der Waals surface area contributed by atoms with Crippen LogP contribution in [0.15, 0.2) is 42.6 Å². The molecule has 35 heavy (non-hydrogen) atoms. The predicted molar refractivity (Wildman–Crippen MR) is 124 cm³/mol. The van der Waals surface area contributed by atoms with Gasteiger partial charge in [0, 0.05) is 19.7 Å². The summed E-state index contributed by atoms with van der Waals surface area (Å²) in [4.78, 5) is 0. The van der Waals surface area contributed by atoms with Crippen LogP contribution < -0.4 is 4.74 Å². The summed E-state index contributed by atoms with van der Waals surface area (Å²) in [5, 5.41) is 7.84. The third-order valence-electron chi connectivity index (χ3n) is 6.04. The van der Waals surface area contributed by atoms with Gasteiger partial charge in [-0.1, -0.05) is 18.2 Å². The standard InChI is InChI=1S/C18H22F3N3O2.C6H5F.C2H2/c1-25-12-4-6-13(7-5-12)26-14-8-9-24-15(10-11-2-3-11)22-23-17(24)16(14)18(19,20)21;7-6-4-2-1-3-5-6;1-2/h8-9,11-13H,2-7,10H2,1H3;1-5H;1-2H. The molecule has 2 aliphatic carbocycles. The van der Waals surface area contributed by atoms with E-state index in [4.69, 9.17) is 9.47 Å². The van der Waals surface area contributed by atoms with Gasteiger partial charge in [0.2, 0.25) is 0 Å². The topological polar surface area (TPSA) is 48.7 Å². The molecular weight excluding hydrogens is 462 g/mol. The Labute approximate surface area is 202 Å². The van der Waals surface area contributed by atoms with E-state index in [1.54, 1.807) is 31.5 Å². The Morgan fingerprint density at radius 1 is 0.943 bits per heavy atom. The quantitative estimate of drug-likeness (QED) is 0.319. The Balaban J connectivity index is 0.000000324. The highest BCUT2D eigenvalue weighted by Gasteiger charge is 2.39. The van der Waals surface area contributed by atoms with Crippen molar-refractivity contribution in [1.82, 2.24) is 14.6 Å². The third-order valence-corrected chi connectivity index (χ3v) is 6.04. The van der Waals surface area contributed by atoms with Crippen molar-refractivity contribution >= 4 is 5.65 Å². The van der Waals surface area contributed by atoms with Gasteiger partial charge in [-0.15, -0.1) is 23.0 Å². The molecule has 2 heterocycles. The lowest BCUT2D eigenvalue weighted by Gasteiger charge is -2.29. The molecule has 0 N–H and O–H groups in total. The average molecular weight is 492 g/mol. The van der Waals surface area contributed by atoms with Crippen molar-refractivity contribution in [3.8, 4) is 18.6 Å². The Hall–Kier alpha value is -3.12. The molecule has 2 fully saturated rings. The second-order valence-electron chi connectivity index (χ2n) is 8.56. The number of terminal acetylenes is 1. The van der Waals surface area contributed by atoms with E-state index < -0.39 is 11.7 Å². The van der Waals surface area contributed by atoms with Gasteiger partial charge in [0.25, 0.3) is 0 Å². The number of nitrogens with zero attached hydrogens (tertiary/aromatic N) is 3. The molecule has 2 aromatic heterocycles. The van der Waals surface area contributed by atoms with Crippen LogP contribution in [0, 0.1) is 24.6 Å². The Morgan fingerprint density at radius 2 is 1.57 bits per heavy atom. The van der Waals surface area contributed by atoms with Crippen molar-refractivity contribution in [3.63, 3.8) is 0 Å². The van der Waals surface area contributed by atoms with Crippen LogP contribution in [0.1, 0.15) is 49.9 Å². The van der Waals surface area contributed by atoms with Gasteiger partial charge < -0.3 is 9.47 Å². The molecular formula is C26H29F4N3O2. The highest BCUT2D eigenvalue weighted by atomic mass is 19.4. The fourth-order valence-electron chi connectivity index (χ4n) is 4.05. The zero-order valence-electron chi connectivity index (χ0n) is 19.5. The summed E-state index contributed by atoms with van der Waals surface area (Å²) in [7, 11) is 1.66. The largest absolute Gasteiger partial charge is 0.490 e. The first-order valence-electron chi connectivity index (χ1n) is 11.5. The normalized spacial score (nSPS) is 19.7. The lowest BCUT2D eigenvalue weighted by atomic mass is 9.95. The summed E-state index contributed by atoms with van der Waals surface area (Å²) >= 11 is 0. The summed E-state index contributed by atoms with van der Waals surface area (Å²) < 4.78 is 65.7. The number of rotatable bonds is 5. The Kier molecular flexibility index (Phi) is 9.10. The molecule has 9 heteroatoms. The first kappa shape index (κ1) is 26.5. The van der Waals surface area contributed by atoms with Crippen molar-refractivity contribution < 1.29 is 27.0 Å². The van der Waals surface area contributed by atoms with E-state index in [2.05, 4.69) is 23.0 Å². The van der Waals surface area contributed by atoms with Crippen molar-refractivity contribution in [1.29, 1.82) is 0 Å². The van der Waals surface area contributed by atoms with E-state index in [9.17, 15) is 17.6 Å². The van der Waals surface area contributed by atoms with Crippen LogP contribution >= 0.6 is 0 Å². The first-order chi connectivity index (χ1) is 16.8. The maximum absolute atomic E-state index is 13.8. The number of methoxy groups -OCH3 is 1. The number of pyridine rings is 1. The molecule has 0 radical (unpaired) electrons. The lowest BCUT2D eigenvalue weighted by Crippen LogP contribution is -2.28. The molecule has 0 unspecified atom stereocenters. The number of benzene rings is 1. The number of hydrogen-bond donors (Lipinski definition) is 0. The molecule has 0 amide bonds. The molecule has 188 valence electrons. The molecule has 2 saturated carbocycles. The molecule has 0 spiro atoms. The number of ether oxygens (including phenoxy) is 2. The van der Waals surface area contributed by atoms with Gasteiger partial charge in [0.15, 0.2) is 5.65 Å². The van der Waals surface area contributed by atoms with Gasteiger partial charge in [-0.2, -0.15) is 13.2 Å². The summed E-state index contributed by atoms with van der Waals surface area (Å²) in [5.41, 5.74) is -1.00. The maximum atomic E-state index is 13.8. The molecule has 0 aliphatic heterocycles. The maximum Gasteiger partial charge on any atom is 0.423 e. The van der Waals surface area contributed by atoms with Gasteiger partial charge >= 0.3 is 6.18 Å². The summed E-state index contributed by atoms with van der Waals surface area (Å²) in [5.74, 6) is 0.766. The second kappa shape index (κ2) is 12.0. The van der Waals surface area contributed by atoms with Gasteiger partial charge in [-0.3, -0.25) is 4.40 Å². The summed E-state index contributed by atoms with van der Waals surface area (Å²) in [6.07, 6.45) is 10.8. The molecule has 2 aliphatic rings. The van der Waals surface area contributed by atoms with Crippen LogP contribution in [-0.4, -0.2) is 33.9 Å². The van der Waals surface area contributed by atoms with Crippen molar-refractivity contribution in [2.75, 3.05) is 7.11 Å². The fourth-order valence-corrected chi connectivity index (χ4v) is 4.05. The minimum atomic E-state index is -4.55. The lowest BCUT2D eigenvalue weighted by molar-refractivity contribution is -0.138. The number of halogens is 4. The summed E-state index contributed by atoms with van der Waals surface area (Å²) in [6.45, 7) is 0. The smallest absolute Gasteiger partial charge is 0.423 e. The Bertz CT molecular complexity index is 1090. The molecule has 5 nitrogen and oxygen atoms in total. The first-order valence-corrected chi connectivity index (χ1v) is 11.5. The number of aromatic nitrogens is 3. The Morgan fingerprint density at radius 3 is 2.09 bits per heavy atom. The number of fused-ring (bicyclic) bond motifs is 1. The fraction of sp³-hybridized carbons (Fsp3) is 0.462. The summed E-state index contributed by atoms with van der Waals surface area (Å²) in [6, 6.07) is 9.34. The molecule has 5 rings (SSSR count). The van der Waals surface area contributed by atoms with E-state index in [1.165, 1.54) is 22.6 Å². The zero-order chi connectivity index (χ0) is 25.4. The van der Waals surface area contributed by atoms with Crippen LogP contribution in [0.25, 0.3) is 5.65 Å². The molecule has 0 atom stereocenters. The molecule has 1 aromatic carbocycles. The zero-order valence-corrected chi connectivity index (χ0v) is 19.5. The SMILES string of the molecule is C#C.COC1CCC(Oc2ccn3c(CC4CC4)nnc3c2C(F)(F)F)CC1.Fc1ccccc1. The van der Waals surface area contributed by atoms with Gasteiger partial charge in [0.1, 0.15) is 23.0 Å². The van der Waals surface area contributed by atoms with Crippen LogP contribution in [0.2, 0.25) is 0 Å². The van der Waals surface area contributed by atoms with Crippen molar-refractivity contribution in [2.24, 2.45) is 5.92 Å². The molecule has 0 bridgehead atoms. The van der Waals surface area contributed by atoms with E-state index in [-0.39, 0.29) is 29.4 Å². The second-order valence-corrected chi connectivity index (χ2v) is 8.56. The van der Waals surface area contributed by atoms with Gasteiger partial charge in [-0.05, 0) is 62.6 Å². The minimum absolute atomic E-state index is 0.156. The number of alkyl halides is 3. The monoisotopic (exact) mass is 491 g/mol.